The largest absolute Gasteiger partial charge is 0.508 e. The lowest BCUT2D eigenvalue weighted by molar-refractivity contribution is -0.110. The molecule has 0 aliphatic heterocycles. The summed E-state index contributed by atoms with van der Waals surface area (Å²) in [7, 11) is 3.15. The van der Waals surface area contributed by atoms with Gasteiger partial charge in [-0.15, -0.1) is 0 Å². The van der Waals surface area contributed by atoms with Gasteiger partial charge in [0, 0.05) is 11.6 Å². The quantitative estimate of drug-likeness (QED) is 0.827. The van der Waals surface area contributed by atoms with Crippen molar-refractivity contribution in [2.24, 2.45) is 0 Å². The zero-order valence-corrected chi connectivity index (χ0v) is 13.0. The van der Waals surface area contributed by atoms with Gasteiger partial charge in [-0.05, 0) is 48.1 Å². The molecule has 0 aromatic heterocycles. The highest BCUT2D eigenvalue weighted by Gasteiger charge is 2.02. The summed E-state index contributed by atoms with van der Waals surface area (Å²) in [5.74, 6) is 1.38. The summed E-state index contributed by atoms with van der Waals surface area (Å²) in [6.07, 6.45) is 6.33. The van der Waals surface area contributed by atoms with Crippen molar-refractivity contribution in [2.45, 2.75) is 0 Å². The average Bonchev–Trinajstić information content (AvgIpc) is 2.59. The Morgan fingerprint density at radius 1 is 0.957 bits per heavy atom. The highest BCUT2D eigenvalue weighted by atomic mass is 16.5. The Morgan fingerprint density at radius 2 is 1.65 bits per heavy atom. The van der Waals surface area contributed by atoms with E-state index in [0.717, 1.165) is 11.1 Å². The van der Waals surface area contributed by atoms with Crippen molar-refractivity contribution < 1.29 is 19.4 Å². The van der Waals surface area contributed by atoms with Gasteiger partial charge in [0.05, 0.1) is 14.2 Å². The van der Waals surface area contributed by atoms with Crippen molar-refractivity contribution in [3.63, 3.8) is 0 Å². The van der Waals surface area contributed by atoms with E-state index in [4.69, 9.17) is 9.47 Å². The van der Waals surface area contributed by atoms with E-state index < -0.39 is 0 Å². The average molecular weight is 310 g/mol. The third kappa shape index (κ3) is 4.74. The number of ketones is 1. The third-order valence-electron chi connectivity index (χ3n) is 3.20. The molecule has 2 aromatic carbocycles. The number of phenols is 1. The third-order valence-corrected chi connectivity index (χ3v) is 3.20. The van der Waals surface area contributed by atoms with Crippen LogP contribution in [0.5, 0.6) is 17.2 Å². The van der Waals surface area contributed by atoms with Gasteiger partial charge in [0.25, 0.3) is 0 Å². The van der Waals surface area contributed by atoms with Crippen LogP contribution in [-0.2, 0) is 4.79 Å². The minimum Gasteiger partial charge on any atom is -0.508 e. The van der Waals surface area contributed by atoms with Gasteiger partial charge in [-0.1, -0.05) is 18.2 Å². The first-order valence-corrected chi connectivity index (χ1v) is 7.03. The van der Waals surface area contributed by atoms with Crippen LogP contribution in [0.25, 0.3) is 12.2 Å². The summed E-state index contributed by atoms with van der Waals surface area (Å²) in [6, 6.07) is 12.0. The molecule has 1 N–H and O–H groups in total. The molecule has 118 valence electrons. The van der Waals surface area contributed by atoms with E-state index in [1.165, 1.54) is 12.2 Å². The lowest BCUT2D eigenvalue weighted by Gasteiger charge is -2.06. The Kier molecular flexibility index (Phi) is 5.58. The van der Waals surface area contributed by atoms with E-state index in [1.807, 2.05) is 6.07 Å². The van der Waals surface area contributed by atoms with E-state index in [-0.39, 0.29) is 11.5 Å². The van der Waals surface area contributed by atoms with Crippen LogP contribution in [0.3, 0.4) is 0 Å². The van der Waals surface area contributed by atoms with Gasteiger partial charge in [0.2, 0.25) is 0 Å². The molecule has 2 aromatic rings. The molecule has 0 fully saturated rings. The lowest BCUT2D eigenvalue weighted by atomic mass is 10.1. The SMILES string of the molecule is COc1ccc(C=CC(=O)C=Cc2ccc(O)cc2)c(OC)c1. The number of rotatable bonds is 6. The highest BCUT2D eigenvalue weighted by Crippen LogP contribution is 2.25. The van der Waals surface area contributed by atoms with Crippen molar-refractivity contribution in [3.05, 3.63) is 65.7 Å². The second-order valence-corrected chi connectivity index (χ2v) is 4.77. The number of phenolic OH excluding ortho intramolecular Hbond substituents is 1. The molecule has 0 spiro atoms. The van der Waals surface area contributed by atoms with E-state index in [9.17, 15) is 9.90 Å². The van der Waals surface area contributed by atoms with E-state index in [1.54, 1.807) is 62.8 Å². The molecule has 4 nitrogen and oxygen atoms in total. The van der Waals surface area contributed by atoms with E-state index in [0.29, 0.717) is 11.5 Å². The number of allylic oxidation sites excluding steroid dienone is 2. The number of hydrogen-bond acceptors (Lipinski definition) is 4. The van der Waals surface area contributed by atoms with Gasteiger partial charge in [0.1, 0.15) is 17.2 Å². The predicted molar refractivity (Wildman–Crippen MR) is 90.7 cm³/mol. The molecular weight excluding hydrogens is 292 g/mol. The summed E-state index contributed by atoms with van der Waals surface area (Å²) in [5.41, 5.74) is 1.63. The second kappa shape index (κ2) is 7.84. The maximum absolute atomic E-state index is 11.9. The molecule has 0 saturated heterocycles. The molecule has 0 unspecified atom stereocenters. The van der Waals surface area contributed by atoms with E-state index in [2.05, 4.69) is 0 Å². The molecule has 0 heterocycles. The van der Waals surface area contributed by atoms with Crippen molar-refractivity contribution in [2.75, 3.05) is 14.2 Å². The van der Waals surface area contributed by atoms with Crippen LogP contribution in [-0.4, -0.2) is 25.1 Å². The molecule has 0 aliphatic carbocycles. The molecule has 4 heteroatoms. The summed E-state index contributed by atoms with van der Waals surface area (Å²) in [4.78, 5) is 11.9. The number of hydrogen-bond donors (Lipinski definition) is 1. The topological polar surface area (TPSA) is 55.8 Å². The monoisotopic (exact) mass is 310 g/mol. The summed E-state index contributed by atoms with van der Waals surface area (Å²) < 4.78 is 10.4. The Hall–Kier alpha value is -3.01. The van der Waals surface area contributed by atoms with Gasteiger partial charge in [-0.25, -0.2) is 0 Å². The van der Waals surface area contributed by atoms with Crippen molar-refractivity contribution in [1.29, 1.82) is 0 Å². The fourth-order valence-corrected chi connectivity index (χ4v) is 1.95. The molecular formula is C19H18O4. The van der Waals surface area contributed by atoms with Crippen molar-refractivity contribution in [3.8, 4) is 17.2 Å². The first kappa shape index (κ1) is 16.4. The minimum atomic E-state index is -0.143. The Morgan fingerprint density at radius 3 is 2.30 bits per heavy atom. The first-order valence-electron chi connectivity index (χ1n) is 7.03. The first-order chi connectivity index (χ1) is 11.1. The minimum absolute atomic E-state index is 0.143. The zero-order valence-electron chi connectivity index (χ0n) is 13.0. The molecule has 0 radical (unpaired) electrons. The van der Waals surface area contributed by atoms with Crippen LogP contribution < -0.4 is 9.47 Å². The fourth-order valence-electron chi connectivity index (χ4n) is 1.95. The lowest BCUT2D eigenvalue weighted by Crippen LogP contribution is -1.90. The number of carbonyl (C=O) groups excluding carboxylic acids is 1. The summed E-state index contributed by atoms with van der Waals surface area (Å²) >= 11 is 0. The number of carbonyl (C=O) groups is 1. The van der Waals surface area contributed by atoms with Crippen LogP contribution >= 0.6 is 0 Å². The molecule has 0 atom stereocenters. The molecule has 23 heavy (non-hydrogen) atoms. The van der Waals surface area contributed by atoms with E-state index >= 15 is 0 Å². The molecule has 0 amide bonds. The van der Waals surface area contributed by atoms with Crippen LogP contribution in [0.1, 0.15) is 11.1 Å². The number of benzene rings is 2. The fraction of sp³-hybridized carbons (Fsp3) is 0.105. The van der Waals surface area contributed by atoms with Crippen LogP contribution in [0, 0.1) is 0 Å². The molecule has 0 aliphatic rings. The maximum atomic E-state index is 11.9. The molecule has 2 rings (SSSR count). The summed E-state index contributed by atoms with van der Waals surface area (Å²) in [6.45, 7) is 0. The number of methoxy groups -OCH3 is 2. The van der Waals surface area contributed by atoms with Gasteiger partial charge in [0.15, 0.2) is 5.78 Å². The molecule has 0 bridgehead atoms. The Labute approximate surface area is 135 Å². The number of ether oxygens (including phenoxy) is 2. The van der Waals surface area contributed by atoms with Gasteiger partial charge < -0.3 is 14.6 Å². The summed E-state index contributed by atoms with van der Waals surface area (Å²) in [5, 5.41) is 9.21. The second-order valence-electron chi connectivity index (χ2n) is 4.77. The standard InChI is InChI=1S/C19H18O4/c1-22-18-12-7-15(19(13-18)23-2)6-11-17(21)10-5-14-3-8-16(20)9-4-14/h3-13,20H,1-2H3. The predicted octanol–water partition coefficient (Wildman–Crippen LogP) is 3.71. The Balaban J connectivity index is 2.07. The van der Waals surface area contributed by atoms with Gasteiger partial charge in [-0.2, -0.15) is 0 Å². The van der Waals surface area contributed by atoms with Crippen LogP contribution in [0.2, 0.25) is 0 Å². The highest BCUT2D eigenvalue weighted by molar-refractivity contribution is 6.04. The van der Waals surface area contributed by atoms with Crippen molar-refractivity contribution in [1.82, 2.24) is 0 Å². The van der Waals surface area contributed by atoms with Crippen LogP contribution in [0.15, 0.2) is 54.6 Å². The maximum Gasteiger partial charge on any atom is 0.178 e. The van der Waals surface area contributed by atoms with Crippen molar-refractivity contribution >= 4 is 17.9 Å². The normalized spacial score (nSPS) is 11.0. The van der Waals surface area contributed by atoms with Gasteiger partial charge >= 0.3 is 0 Å². The Bertz CT molecular complexity index is 728. The van der Waals surface area contributed by atoms with Gasteiger partial charge in [-0.3, -0.25) is 4.79 Å². The smallest absolute Gasteiger partial charge is 0.178 e. The van der Waals surface area contributed by atoms with Crippen LogP contribution in [0.4, 0.5) is 0 Å². The number of aromatic hydroxyl groups is 1. The zero-order chi connectivity index (χ0) is 16.7. The molecule has 0 saturated carbocycles.